The molecule has 1 atom stereocenters. The summed E-state index contributed by atoms with van der Waals surface area (Å²) in [7, 11) is 0. The minimum absolute atomic E-state index is 0.0478. The second-order valence-corrected chi connectivity index (χ2v) is 5.69. The van der Waals surface area contributed by atoms with Gasteiger partial charge in [-0.2, -0.15) is 5.10 Å². The highest BCUT2D eigenvalue weighted by Crippen LogP contribution is 2.23. The van der Waals surface area contributed by atoms with Gasteiger partial charge in [0, 0.05) is 0 Å². The van der Waals surface area contributed by atoms with Crippen LogP contribution in [0.5, 0.6) is 0 Å². The van der Waals surface area contributed by atoms with Gasteiger partial charge in [0.25, 0.3) is 0 Å². The number of nitrogen functional groups attached to an aromatic ring is 1. The maximum atomic E-state index is 12.1. The number of rotatable bonds is 0. The molecule has 0 radical (unpaired) electrons. The number of hydrogen-bond donors (Lipinski definition) is 1. The van der Waals surface area contributed by atoms with Crippen LogP contribution in [0.25, 0.3) is 0 Å². The van der Waals surface area contributed by atoms with Gasteiger partial charge >= 0.3 is 6.09 Å². The minimum Gasteiger partial charge on any atom is -0.444 e. The van der Waals surface area contributed by atoms with Crippen LogP contribution in [-0.4, -0.2) is 32.4 Å². The lowest BCUT2D eigenvalue weighted by Crippen LogP contribution is -2.47. The van der Waals surface area contributed by atoms with Gasteiger partial charge in [-0.15, -0.1) is 0 Å². The lowest BCUT2D eigenvalue weighted by molar-refractivity contribution is 0.00916. The van der Waals surface area contributed by atoms with Gasteiger partial charge in [0.1, 0.15) is 5.60 Å². The smallest absolute Gasteiger partial charge is 0.410 e. The van der Waals surface area contributed by atoms with Crippen LogP contribution in [0.15, 0.2) is 6.20 Å². The molecule has 0 fully saturated rings. The van der Waals surface area contributed by atoms with Crippen molar-refractivity contribution >= 4 is 11.8 Å². The first-order valence-electron chi connectivity index (χ1n) is 6.07. The van der Waals surface area contributed by atoms with Gasteiger partial charge in [-0.25, -0.2) is 4.79 Å². The lowest BCUT2D eigenvalue weighted by atomic mass is 10.2. The summed E-state index contributed by atoms with van der Waals surface area (Å²) in [6.07, 6.45) is 1.32. The molecular formula is C12H20N4O2. The predicted octanol–water partition coefficient (Wildman–Crippen LogP) is 1.60. The summed E-state index contributed by atoms with van der Waals surface area (Å²) in [6, 6.07) is 0.0478. The fourth-order valence-corrected chi connectivity index (χ4v) is 1.99. The molecular weight excluding hydrogens is 232 g/mol. The SMILES string of the molecule is CC1Cn2ncc(N)c2CN1C(=O)OC(C)(C)C. The van der Waals surface area contributed by atoms with Crippen LogP contribution in [0.3, 0.4) is 0 Å². The molecule has 0 aromatic carbocycles. The number of carbonyl (C=O) groups excluding carboxylic acids is 1. The quantitative estimate of drug-likeness (QED) is 0.761. The Kier molecular flexibility index (Phi) is 2.96. The molecule has 0 aliphatic carbocycles. The van der Waals surface area contributed by atoms with Crippen LogP contribution < -0.4 is 5.73 Å². The molecule has 1 aromatic heterocycles. The molecule has 0 spiro atoms. The van der Waals surface area contributed by atoms with Gasteiger partial charge in [-0.1, -0.05) is 0 Å². The second-order valence-electron chi connectivity index (χ2n) is 5.69. The first-order chi connectivity index (χ1) is 8.28. The third-order valence-electron chi connectivity index (χ3n) is 2.90. The maximum Gasteiger partial charge on any atom is 0.410 e. The van der Waals surface area contributed by atoms with E-state index >= 15 is 0 Å². The molecule has 1 aliphatic heterocycles. The van der Waals surface area contributed by atoms with Gasteiger partial charge in [0.05, 0.1) is 36.7 Å². The first kappa shape index (κ1) is 12.7. The molecule has 100 valence electrons. The molecule has 1 unspecified atom stereocenters. The molecule has 6 nitrogen and oxygen atoms in total. The Hall–Kier alpha value is -1.72. The van der Waals surface area contributed by atoms with Crippen LogP contribution in [0, 0.1) is 0 Å². The van der Waals surface area contributed by atoms with E-state index in [1.165, 1.54) is 0 Å². The van der Waals surface area contributed by atoms with Crippen molar-refractivity contribution in [2.45, 2.75) is 52.4 Å². The highest BCUT2D eigenvalue weighted by atomic mass is 16.6. The number of nitrogens with zero attached hydrogens (tertiary/aromatic N) is 3. The van der Waals surface area contributed by atoms with Gasteiger partial charge in [-0.05, 0) is 27.7 Å². The molecule has 1 aliphatic rings. The molecule has 0 saturated heterocycles. The summed E-state index contributed by atoms with van der Waals surface area (Å²) < 4.78 is 7.24. The Bertz CT molecular complexity index is 461. The minimum atomic E-state index is -0.486. The summed E-state index contributed by atoms with van der Waals surface area (Å²) >= 11 is 0. The van der Waals surface area contributed by atoms with Crippen molar-refractivity contribution in [1.82, 2.24) is 14.7 Å². The van der Waals surface area contributed by atoms with Crippen molar-refractivity contribution in [3.8, 4) is 0 Å². The van der Waals surface area contributed by atoms with Crippen molar-refractivity contribution in [3.63, 3.8) is 0 Å². The zero-order chi connectivity index (χ0) is 13.5. The number of aromatic nitrogens is 2. The molecule has 2 heterocycles. The number of carbonyl (C=O) groups is 1. The highest BCUT2D eigenvalue weighted by molar-refractivity contribution is 5.69. The molecule has 2 N–H and O–H groups in total. The lowest BCUT2D eigenvalue weighted by Gasteiger charge is -2.35. The number of fused-ring (bicyclic) bond motifs is 1. The molecule has 1 amide bonds. The number of anilines is 1. The van der Waals surface area contributed by atoms with Crippen LogP contribution in [0.4, 0.5) is 10.5 Å². The Labute approximate surface area is 107 Å². The number of nitrogens with two attached hydrogens (primary N) is 1. The first-order valence-corrected chi connectivity index (χ1v) is 6.07. The van der Waals surface area contributed by atoms with Crippen LogP contribution in [-0.2, 0) is 17.8 Å². The van der Waals surface area contributed by atoms with E-state index in [1.54, 1.807) is 11.1 Å². The van der Waals surface area contributed by atoms with Crippen molar-refractivity contribution in [2.24, 2.45) is 0 Å². The van der Waals surface area contributed by atoms with Crippen molar-refractivity contribution in [2.75, 3.05) is 5.73 Å². The van der Waals surface area contributed by atoms with E-state index in [-0.39, 0.29) is 12.1 Å². The summed E-state index contributed by atoms with van der Waals surface area (Å²) in [4.78, 5) is 13.8. The van der Waals surface area contributed by atoms with Crippen molar-refractivity contribution in [1.29, 1.82) is 0 Å². The molecule has 0 saturated carbocycles. The van der Waals surface area contributed by atoms with Crippen LogP contribution >= 0.6 is 0 Å². The van der Waals surface area contributed by atoms with Gasteiger partial charge in [-0.3, -0.25) is 9.58 Å². The highest BCUT2D eigenvalue weighted by Gasteiger charge is 2.31. The topological polar surface area (TPSA) is 73.4 Å². The number of hydrogen-bond acceptors (Lipinski definition) is 4. The average molecular weight is 252 g/mol. The number of amides is 1. The fraction of sp³-hybridized carbons (Fsp3) is 0.667. The molecule has 18 heavy (non-hydrogen) atoms. The van der Waals surface area contributed by atoms with E-state index in [1.807, 2.05) is 32.4 Å². The predicted molar refractivity (Wildman–Crippen MR) is 67.9 cm³/mol. The Morgan fingerprint density at radius 2 is 2.22 bits per heavy atom. The van der Waals surface area contributed by atoms with Crippen LogP contribution in [0.1, 0.15) is 33.4 Å². The van der Waals surface area contributed by atoms with E-state index < -0.39 is 5.60 Å². The van der Waals surface area contributed by atoms with E-state index in [4.69, 9.17) is 10.5 Å². The molecule has 1 aromatic rings. The molecule has 2 rings (SSSR count). The summed E-state index contributed by atoms with van der Waals surface area (Å²) in [5, 5.41) is 4.19. The normalized spacial score (nSPS) is 19.6. The van der Waals surface area contributed by atoms with Crippen LogP contribution in [0.2, 0.25) is 0 Å². The third kappa shape index (κ3) is 2.42. The summed E-state index contributed by atoms with van der Waals surface area (Å²) in [5.41, 5.74) is 6.84. The second kappa shape index (κ2) is 4.19. The van der Waals surface area contributed by atoms with E-state index in [2.05, 4.69) is 5.10 Å². The fourth-order valence-electron chi connectivity index (χ4n) is 1.99. The maximum absolute atomic E-state index is 12.1. The zero-order valence-electron chi connectivity index (χ0n) is 11.3. The zero-order valence-corrected chi connectivity index (χ0v) is 11.3. The largest absolute Gasteiger partial charge is 0.444 e. The summed E-state index contributed by atoms with van der Waals surface area (Å²) in [5.74, 6) is 0. The molecule has 6 heteroatoms. The molecule has 0 bridgehead atoms. The Balaban J connectivity index is 2.16. The van der Waals surface area contributed by atoms with Gasteiger partial charge in [0.2, 0.25) is 0 Å². The van der Waals surface area contributed by atoms with E-state index in [0.717, 1.165) is 5.69 Å². The average Bonchev–Trinajstić information content (AvgIpc) is 2.56. The van der Waals surface area contributed by atoms with Crippen molar-refractivity contribution in [3.05, 3.63) is 11.9 Å². The van der Waals surface area contributed by atoms with Gasteiger partial charge < -0.3 is 10.5 Å². The monoisotopic (exact) mass is 252 g/mol. The standard InChI is InChI=1S/C12H20N4O2/c1-8-6-16-10(9(13)5-14-16)7-15(8)11(17)18-12(2,3)4/h5,8H,6-7,13H2,1-4H3. The Morgan fingerprint density at radius 3 is 2.83 bits per heavy atom. The number of ether oxygens (including phenoxy) is 1. The third-order valence-corrected chi connectivity index (χ3v) is 2.90. The van der Waals surface area contributed by atoms with Crippen molar-refractivity contribution < 1.29 is 9.53 Å². The van der Waals surface area contributed by atoms with Gasteiger partial charge in [0.15, 0.2) is 0 Å². The Morgan fingerprint density at radius 1 is 1.56 bits per heavy atom. The summed E-state index contributed by atoms with van der Waals surface area (Å²) in [6.45, 7) is 8.65. The van der Waals surface area contributed by atoms with E-state index in [0.29, 0.717) is 18.8 Å². The van der Waals surface area contributed by atoms with E-state index in [9.17, 15) is 4.79 Å².